The zero-order chi connectivity index (χ0) is 16.1. The van der Waals surface area contributed by atoms with E-state index in [2.05, 4.69) is 0 Å². The number of rotatable bonds is 2. The zero-order valence-electron chi connectivity index (χ0n) is 13.1. The Bertz CT molecular complexity index is 840. The van der Waals surface area contributed by atoms with Crippen LogP contribution in [0.25, 0.3) is 0 Å². The Balaban J connectivity index is 2.01. The number of hydrogen-bond donors (Lipinski definition) is 1. The quantitative estimate of drug-likeness (QED) is 0.867. The molecule has 0 saturated carbocycles. The standard InChI is InChI=1S/C17H20N2O2S/c1-11-4-6-14(7-5-11)22(20,21)19-9-15-12(2)8-17(18)13(3)16(15)10-19/h4-8H,9-10,18H2,1-3H3. The molecule has 5 heteroatoms. The summed E-state index contributed by atoms with van der Waals surface area (Å²) in [4.78, 5) is 0.342. The van der Waals surface area contributed by atoms with Crippen LogP contribution in [0.2, 0.25) is 0 Å². The SMILES string of the molecule is Cc1ccc(S(=O)(=O)N2Cc3c(C)cc(N)c(C)c3C2)cc1. The van der Waals surface area contributed by atoms with Crippen LogP contribution in [0, 0.1) is 20.8 Å². The summed E-state index contributed by atoms with van der Waals surface area (Å²) in [5.41, 5.74) is 12.0. The molecule has 0 aromatic heterocycles. The van der Waals surface area contributed by atoms with Crippen molar-refractivity contribution in [2.45, 2.75) is 38.8 Å². The summed E-state index contributed by atoms with van der Waals surface area (Å²) in [5.74, 6) is 0. The van der Waals surface area contributed by atoms with E-state index in [1.54, 1.807) is 12.1 Å². The summed E-state index contributed by atoms with van der Waals surface area (Å²) in [6.07, 6.45) is 0. The van der Waals surface area contributed by atoms with Gasteiger partial charge in [0.15, 0.2) is 0 Å². The molecule has 1 aliphatic rings. The lowest BCUT2D eigenvalue weighted by Gasteiger charge is -2.16. The number of hydrogen-bond acceptors (Lipinski definition) is 3. The molecule has 2 aromatic rings. The van der Waals surface area contributed by atoms with E-state index in [0.717, 1.165) is 33.5 Å². The fourth-order valence-corrected chi connectivity index (χ4v) is 4.32. The molecule has 0 aliphatic carbocycles. The second kappa shape index (κ2) is 5.11. The number of nitrogens with two attached hydrogens (primary N) is 1. The van der Waals surface area contributed by atoms with E-state index < -0.39 is 10.0 Å². The van der Waals surface area contributed by atoms with Gasteiger partial charge in [-0.1, -0.05) is 17.7 Å². The number of nitrogen functional groups attached to an aromatic ring is 1. The zero-order valence-corrected chi connectivity index (χ0v) is 13.9. The highest BCUT2D eigenvalue weighted by Crippen LogP contribution is 2.35. The molecule has 1 heterocycles. The van der Waals surface area contributed by atoms with Gasteiger partial charge in [-0.15, -0.1) is 0 Å². The van der Waals surface area contributed by atoms with Crippen molar-refractivity contribution in [3.63, 3.8) is 0 Å². The Morgan fingerprint density at radius 3 is 2.23 bits per heavy atom. The van der Waals surface area contributed by atoms with Gasteiger partial charge < -0.3 is 5.73 Å². The highest BCUT2D eigenvalue weighted by Gasteiger charge is 2.32. The molecule has 2 N–H and O–H groups in total. The van der Waals surface area contributed by atoms with Gasteiger partial charge in [0.1, 0.15) is 0 Å². The first-order chi connectivity index (χ1) is 10.3. The largest absolute Gasteiger partial charge is 0.398 e. The Morgan fingerprint density at radius 2 is 1.59 bits per heavy atom. The smallest absolute Gasteiger partial charge is 0.243 e. The minimum atomic E-state index is -3.48. The first-order valence-electron chi connectivity index (χ1n) is 7.25. The van der Waals surface area contributed by atoms with Crippen LogP contribution >= 0.6 is 0 Å². The molecule has 3 rings (SSSR count). The van der Waals surface area contributed by atoms with E-state index in [4.69, 9.17) is 5.73 Å². The van der Waals surface area contributed by atoms with Crippen molar-refractivity contribution in [3.8, 4) is 0 Å². The summed E-state index contributed by atoms with van der Waals surface area (Å²) < 4.78 is 27.2. The number of nitrogens with zero attached hydrogens (tertiary/aromatic N) is 1. The number of anilines is 1. The number of sulfonamides is 1. The van der Waals surface area contributed by atoms with Crippen molar-refractivity contribution >= 4 is 15.7 Å². The van der Waals surface area contributed by atoms with Crippen molar-refractivity contribution < 1.29 is 8.42 Å². The Hall–Kier alpha value is -1.85. The molecule has 0 unspecified atom stereocenters. The lowest BCUT2D eigenvalue weighted by Crippen LogP contribution is -2.25. The van der Waals surface area contributed by atoms with Crippen LogP contribution in [0.3, 0.4) is 0 Å². The van der Waals surface area contributed by atoms with E-state index in [9.17, 15) is 8.42 Å². The average Bonchev–Trinajstić information content (AvgIpc) is 2.92. The second-order valence-electron chi connectivity index (χ2n) is 5.95. The van der Waals surface area contributed by atoms with Crippen LogP contribution in [-0.2, 0) is 23.1 Å². The molecule has 2 aromatic carbocycles. The molecular formula is C17H20N2O2S. The van der Waals surface area contributed by atoms with E-state index in [1.807, 2.05) is 39.0 Å². The first-order valence-corrected chi connectivity index (χ1v) is 8.69. The maximum absolute atomic E-state index is 12.8. The van der Waals surface area contributed by atoms with Gasteiger partial charge in [-0.2, -0.15) is 4.31 Å². The summed E-state index contributed by atoms with van der Waals surface area (Å²) in [6.45, 7) is 6.69. The number of fused-ring (bicyclic) bond motifs is 1. The Labute approximate surface area is 131 Å². The molecule has 1 aliphatic heterocycles. The maximum Gasteiger partial charge on any atom is 0.243 e. The van der Waals surface area contributed by atoms with Crippen LogP contribution in [0.1, 0.15) is 27.8 Å². The van der Waals surface area contributed by atoms with Crippen molar-refractivity contribution in [2.75, 3.05) is 5.73 Å². The van der Waals surface area contributed by atoms with Crippen molar-refractivity contribution in [1.82, 2.24) is 4.31 Å². The lowest BCUT2D eigenvalue weighted by molar-refractivity contribution is 0.431. The fourth-order valence-electron chi connectivity index (χ4n) is 2.94. The van der Waals surface area contributed by atoms with Gasteiger partial charge in [-0.05, 0) is 61.2 Å². The normalized spacial score (nSPS) is 15.0. The summed E-state index contributed by atoms with van der Waals surface area (Å²) >= 11 is 0. The molecule has 116 valence electrons. The molecule has 4 nitrogen and oxygen atoms in total. The molecule has 0 amide bonds. The predicted octanol–water partition coefficient (Wildman–Crippen LogP) is 2.90. The van der Waals surface area contributed by atoms with Crippen molar-refractivity contribution in [3.05, 3.63) is 58.1 Å². The van der Waals surface area contributed by atoms with Crippen LogP contribution < -0.4 is 5.73 Å². The highest BCUT2D eigenvalue weighted by molar-refractivity contribution is 7.89. The number of benzene rings is 2. The van der Waals surface area contributed by atoms with E-state index in [-0.39, 0.29) is 0 Å². The van der Waals surface area contributed by atoms with Gasteiger partial charge in [0.2, 0.25) is 10.0 Å². The topological polar surface area (TPSA) is 63.4 Å². The molecule has 0 bridgehead atoms. The third-order valence-electron chi connectivity index (χ3n) is 4.43. The van der Waals surface area contributed by atoms with Crippen molar-refractivity contribution in [2.24, 2.45) is 0 Å². The summed E-state index contributed by atoms with van der Waals surface area (Å²) in [7, 11) is -3.48. The second-order valence-corrected chi connectivity index (χ2v) is 7.89. The molecule has 0 radical (unpaired) electrons. The minimum Gasteiger partial charge on any atom is -0.398 e. The van der Waals surface area contributed by atoms with Crippen LogP contribution in [0.15, 0.2) is 35.2 Å². The summed E-state index contributed by atoms with van der Waals surface area (Å²) in [5, 5.41) is 0. The lowest BCUT2D eigenvalue weighted by atomic mass is 9.98. The predicted molar refractivity (Wildman–Crippen MR) is 87.9 cm³/mol. The Kier molecular flexibility index (Phi) is 3.50. The average molecular weight is 316 g/mol. The highest BCUT2D eigenvalue weighted by atomic mass is 32.2. The van der Waals surface area contributed by atoms with Gasteiger partial charge in [-0.25, -0.2) is 8.42 Å². The fraction of sp³-hybridized carbons (Fsp3) is 0.294. The van der Waals surface area contributed by atoms with Gasteiger partial charge in [-0.3, -0.25) is 0 Å². The summed E-state index contributed by atoms with van der Waals surface area (Å²) in [6, 6.07) is 8.91. The van der Waals surface area contributed by atoms with E-state index in [0.29, 0.717) is 18.0 Å². The van der Waals surface area contributed by atoms with Crippen LogP contribution in [0.5, 0.6) is 0 Å². The third-order valence-corrected chi connectivity index (χ3v) is 6.23. The molecule has 0 saturated heterocycles. The molecule has 0 fully saturated rings. The molecule has 0 spiro atoms. The van der Waals surface area contributed by atoms with Gasteiger partial charge >= 0.3 is 0 Å². The molecule has 0 atom stereocenters. The van der Waals surface area contributed by atoms with Crippen molar-refractivity contribution in [1.29, 1.82) is 0 Å². The monoisotopic (exact) mass is 316 g/mol. The van der Waals surface area contributed by atoms with Gasteiger partial charge in [0.05, 0.1) is 4.90 Å². The minimum absolute atomic E-state index is 0.342. The molecule has 22 heavy (non-hydrogen) atoms. The van der Waals surface area contributed by atoms with E-state index in [1.165, 1.54) is 4.31 Å². The van der Waals surface area contributed by atoms with E-state index >= 15 is 0 Å². The maximum atomic E-state index is 12.8. The number of aryl methyl sites for hydroxylation is 2. The first kappa shape index (κ1) is 15.1. The molecular weight excluding hydrogens is 296 g/mol. The van der Waals surface area contributed by atoms with Crippen LogP contribution in [-0.4, -0.2) is 12.7 Å². The van der Waals surface area contributed by atoms with Gasteiger partial charge in [0.25, 0.3) is 0 Å². The van der Waals surface area contributed by atoms with Gasteiger partial charge in [0, 0.05) is 18.8 Å². The Morgan fingerprint density at radius 1 is 1.00 bits per heavy atom. The van der Waals surface area contributed by atoms with Crippen LogP contribution in [0.4, 0.5) is 5.69 Å². The third kappa shape index (κ3) is 2.30.